The van der Waals surface area contributed by atoms with Crippen molar-refractivity contribution in [3.8, 4) is 0 Å². The lowest BCUT2D eigenvalue weighted by molar-refractivity contribution is 0.101. The van der Waals surface area contributed by atoms with E-state index in [0.29, 0.717) is 11.1 Å². The molecule has 24 heavy (non-hydrogen) atoms. The van der Waals surface area contributed by atoms with Crippen molar-refractivity contribution in [3.05, 3.63) is 75.2 Å². The highest BCUT2D eigenvalue weighted by Gasteiger charge is 2.14. The highest BCUT2D eigenvalue weighted by atomic mass is 16.2. The second-order valence-electron chi connectivity index (χ2n) is 6.26. The van der Waals surface area contributed by atoms with Crippen LogP contribution in [0.2, 0.25) is 0 Å². The lowest BCUT2D eigenvalue weighted by atomic mass is 10.1. The summed E-state index contributed by atoms with van der Waals surface area (Å²) in [4.78, 5) is 25.2. The summed E-state index contributed by atoms with van der Waals surface area (Å²) in [6, 6.07) is 13.3. The van der Waals surface area contributed by atoms with Crippen molar-refractivity contribution in [2.75, 3.05) is 5.32 Å². The minimum Gasteiger partial charge on any atom is -0.320 e. The topological polar surface area (TPSA) is 51.1 Å². The number of nitrogens with one attached hydrogen (secondary N) is 1. The maximum absolute atomic E-state index is 12.7. The van der Waals surface area contributed by atoms with E-state index < -0.39 is 0 Å². The van der Waals surface area contributed by atoms with Crippen molar-refractivity contribution in [1.29, 1.82) is 0 Å². The highest BCUT2D eigenvalue weighted by Crippen LogP contribution is 2.18. The van der Waals surface area contributed by atoms with Crippen molar-refractivity contribution in [2.45, 2.75) is 20.8 Å². The van der Waals surface area contributed by atoms with Crippen LogP contribution >= 0.6 is 0 Å². The molecule has 0 saturated heterocycles. The molecule has 0 aliphatic heterocycles. The Morgan fingerprint density at radius 2 is 1.62 bits per heavy atom. The van der Waals surface area contributed by atoms with Crippen LogP contribution in [0.3, 0.4) is 0 Å². The fourth-order valence-corrected chi connectivity index (χ4v) is 2.87. The van der Waals surface area contributed by atoms with Gasteiger partial charge < -0.3 is 9.88 Å². The van der Waals surface area contributed by atoms with E-state index in [4.69, 9.17) is 0 Å². The number of anilines is 1. The lowest BCUT2D eigenvalue weighted by Gasteiger charge is -2.13. The van der Waals surface area contributed by atoms with Gasteiger partial charge in [-0.15, -0.1) is 0 Å². The molecule has 0 unspecified atom stereocenters. The van der Waals surface area contributed by atoms with E-state index in [2.05, 4.69) is 5.32 Å². The van der Waals surface area contributed by atoms with Crippen LogP contribution in [0.1, 0.15) is 27.2 Å². The Bertz CT molecular complexity index is 1020. The number of carbonyl (C=O) groups is 1. The first kappa shape index (κ1) is 16.0. The highest BCUT2D eigenvalue weighted by molar-refractivity contribution is 6.05. The summed E-state index contributed by atoms with van der Waals surface area (Å²) in [7, 11) is 1.63. The van der Waals surface area contributed by atoms with Crippen molar-refractivity contribution >= 4 is 22.4 Å². The third kappa shape index (κ3) is 2.83. The summed E-state index contributed by atoms with van der Waals surface area (Å²) in [6.45, 7) is 5.90. The SMILES string of the molecule is Cc1ccc(NC(=O)c2cc3ccc(C)cc3c(=O)n2C)c(C)c1. The molecule has 3 aromatic rings. The first-order valence-corrected chi connectivity index (χ1v) is 7.86. The Morgan fingerprint density at radius 1 is 0.958 bits per heavy atom. The molecule has 0 bridgehead atoms. The minimum atomic E-state index is -0.288. The molecule has 0 saturated carbocycles. The zero-order valence-corrected chi connectivity index (χ0v) is 14.3. The third-order valence-electron chi connectivity index (χ3n) is 4.26. The lowest BCUT2D eigenvalue weighted by Crippen LogP contribution is -2.26. The molecule has 122 valence electrons. The van der Waals surface area contributed by atoms with Gasteiger partial charge in [-0.2, -0.15) is 0 Å². The maximum Gasteiger partial charge on any atom is 0.272 e. The Balaban J connectivity index is 2.05. The van der Waals surface area contributed by atoms with Gasteiger partial charge in [-0.25, -0.2) is 0 Å². The molecule has 1 amide bonds. The zero-order valence-electron chi connectivity index (χ0n) is 14.3. The first-order valence-electron chi connectivity index (χ1n) is 7.86. The second-order valence-corrected chi connectivity index (χ2v) is 6.26. The number of nitrogens with zero attached hydrogens (tertiary/aromatic N) is 1. The van der Waals surface area contributed by atoms with Crippen LogP contribution in [0, 0.1) is 20.8 Å². The molecule has 0 radical (unpaired) electrons. The Morgan fingerprint density at radius 3 is 2.33 bits per heavy atom. The Hall–Kier alpha value is -2.88. The van der Waals surface area contributed by atoms with Gasteiger partial charge >= 0.3 is 0 Å². The number of hydrogen-bond acceptors (Lipinski definition) is 2. The van der Waals surface area contributed by atoms with E-state index >= 15 is 0 Å². The standard InChI is InChI=1S/C20H20N2O2/c1-12-6-8-17(14(3)9-12)21-19(23)18-11-15-7-5-13(2)10-16(15)20(24)22(18)4/h5-11H,1-4H3,(H,21,23). The number of pyridine rings is 1. The number of aryl methyl sites for hydroxylation is 3. The number of aromatic nitrogens is 1. The number of amides is 1. The van der Waals surface area contributed by atoms with Crippen molar-refractivity contribution in [1.82, 2.24) is 4.57 Å². The smallest absolute Gasteiger partial charge is 0.272 e. The second kappa shape index (κ2) is 5.96. The van der Waals surface area contributed by atoms with Crippen molar-refractivity contribution in [2.24, 2.45) is 7.05 Å². The van der Waals surface area contributed by atoms with E-state index in [0.717, 1.165) is 27.8 Å². The average Bonchev–Trinajstić information content (AvgIpc) is 2.54. The van der Waals surface area contributed by atoms with E-state index in [9.17, 15) is 9.59 Å². The average molecular weight is 320 g/mol. The molecule has 4 heteroatoms. The van der Waals surface area contributed by atoms with Crippen molar-refractivity contribution in [3.63, 3.8) is 0 Å². The van der Waals surface area contributed by atoms with Crippen LogP contribution < -0.4 is 10.9 Å². The van der Waals surface area contributed by atoms with Crippen LogP contribution in [0.15, 0.2) is 47.3 Å². The Labute approximate surface area is 140 Å². The summed E-state index contributed by atoms with van der Waals surface area (Å²) < 4.78 is 1.40. The zero-order chi connectivity index (χ0) is 17.4. The van der Waals surface area contributed by atoms with Crippen LogP contribution in [0.4, 0.5) is 5.69 Å². The summed E-state index contributed by atoms with van der Waals surface area (Å²) in [5.74, 6) is -0.288. The van der Waals surface area contributed by atoms with E-state index in [-0.39, 0.29) is 11.5 Å². The molecule has 4 nitrogen and oxygen atoms in total. The monoisotopic (exact) mass is 320 g/mol. The van der Waals surface area contributed by atoms with Crippen LogP contribution in [-0.2, 0) is 7.05 Å². The van der Waals surface area contributed by atoms with E-state index in [1.54, 1.807) is 13.1 Å². The summed E-state index contributed by atoms with van der Waals surface area (Å²) in [5.41, 5.74) is 4.08. The molecular formula is C20H20N2O2. The third-order valence-corrected chi connectivity index (χ3v) is 4.26. The largest absolute Gasteiger partial charge is 0.320 e. The fourth-order valence-electron chi connectivity index (χ4n) is 2.87. The number of rotatable bonds is 2. The van der Waals surface area contributed by atoms with Gasteiger partial charge in [0.25, 0.3) is 11.5 Å². The van der Waals surface area contributed by atoms with Gasteiger partial charge in [-0.3, -0.25) is 9.59 Å². The predicted octanol–water partition coefficient (Wildman–Crippen LogP) is 3.72. The predicted molar refractivity (Wildman–Crippen MR) is 97.8 cm³/mol. The molecule has 0 atom stereocenters. The quantitative estimate of drug-likeness (QED) is 0.782. The normalized spacial score (nSPS) is 10.8. The van der Waals surface area contributed by atoms with E-state index in [1.165, 1.54) is 4.57 Å². The molecule has 1 N–H and O–H groups in total. The summed E-state index contributed by atoms with van der Waals surface area (Å²) in [6.07, 6.45) is 0. The van der Waals surface area contributed by atoms with Crippen molar-refractivity contribution < 1.29 is 4.79 Å². The molecule has 0 fully saturated rings. The molecular weight excluding hydrogens is 300 g/mol. The van der Waals surface area contributed by atoms with Gasteiger partial charge in [0.1, 0.15) is 5.69 Å². The Kier molecular flexibility index (Phi) is 3.97. The van der Waals surface area contributed by atoms with Gasteiger partial charge in [-0.1, -0.05) is 35.4 Å². The number of carbonyl (C=O) groups excluding carboxylic acids is 1. The molecule has 0 spiro atoms. The first-order chi connectivity index (χ1) is 11.4. The molecule has 3 rings (SSSR count). The summed E-state index contributed by atoms with van der Waals surface area (Å²) >= 11 is 0. The fraction of sp³-hybridized carbons (Fsp3) is 0.200. The number of fused-ring (bicyclic) bond motifs is 1. The molecule has 1 aromatic heterocycles. The number of benzene rings is 2. The van der Waals surface area contributed by atoms with E-state index in [1.807, 2.05) is 57.2 Å². The molecule has 1 heterocycles. The van der Waals surface area contributed by atoms with Gasteiger partial charge in [0.05, 0.1) is 0 Å². The van der Waals surface area contributed by atoms with Crippen LogP contribution in [-0.4, -0.2) is 10.5 Å². The summed E-state index contributed by atoms with van der Waals surface area (Å²) in [5, 5.41) is 4.30. The molecule has 0 aliphatic carbocycles. The molecule has 2 aromatic carbocycles. The van der Waals surface area contributed by atoms with Gasteiger partial charge in [0.2, 0.25) is 0 Å². The molecule has 0 aliphatic rings. The minimum absolute atomic E-state index is 0.165. The van der Waals surface area contributed by atoms with Gasteiger partial charge in [0, 0.05) is 18.1 Å². The van der Waals surface area contributed by atoms with Crippen LogP contribution in [0.25, 0.3) is 10.8 Å². The van der Waals surface area contributed by atoms with Gasteiger partial charge in [-0.05, 0) is 49.9 Å². The maximum atomic E-state index is 12.7. The van der Waals surface area contributed by atoms with Crippen LogP contribution in [0.5, 0.6) is 0 Å². The number of hydrogen-bond donors (Lipinski definition) is 1. The van der Waals surface area contributed by atoms with Gasteiger partial charge in [0.15, 0.2) is 0 Å².